The van der Waals surface area contributed by atoms with Crippen LogP contribution in [0.2, 0.25) is 0 Å². The number of hydrogen-bond donors (Lipinski definition) is 3. The van der Waals surface area contributed by atoms with Gasteiger partial charge in [0, 0.05) is 19.2 Å². The summed E-state index contributed by atoms with van der Waals surface area (Å²) < 4.78 is 4.56. The van der Waals surface area contributed by atoms with Gasteiger partial charge in [-0.05, 0) is 12.1 Å². The Kier molecular flexibility index (Phi) is 4.80. The third-order valence-electron chi connectivity index (χ3n) is 2.53. The first-order valence-electron chi connectivity index (χ1n) is 6.10. The summed E-state index contributed by atoms with van der Waals surface area (Å²) in [6.45, 7) is 0.489. The summed E-state index contributed by atoms with van der Waals surface area (Å²) >= 11 is 0. The van der Waals surface area contributed by atoms with E-state index in [1.807, 2.05) is 0 Å². The highest BCUT2D eigenvalue weighted by Gasteiger charge is 2.06. The predicted octanol–water partition coefficient (Wildman–Crippen LogP) is 0.205. The summed E-state index contributed by atoms with van der Waals surface area (Å²) in [4.78, 5) is 30.1. The number of urea groups is 1. The second-order valence-electron chi connectivity index (χ2n) is 4.05. The van der Waals surface area contributed by atoms with Crippen LogP contribution in [0.25, 0.3) is 0 Å². The van der Waals surface area contributed by atoms with Gasteiger partial charge < -0.3 is 20.3 Å². The lowest BCUT2D eigenvalue weighted by Gasteiger charge is -2.06. The molecule has 2 aromatic rings. The van der Waals surface area contributed by atoms with Crippen LogP contribution in [0.1, 0.15) is 21.9 Å². The van der Waals surface area contributed by atoms with E-state index in [9.17, 15) is 9.59 Å². The number of hydrogen-bond acceptors (Lipinski definition) is 6. The number of aromatic nitrogens is 3. The van der Waals surface area contributed by atoms with Crippen LogP contribution in [0.15, 0.2) is 29.2 Å². The molecule has 0 aliphatic rings. The second-order valence-corrected chi connectivity index (χ2v) is 4.05. The van der Waals surface area contributed by atoms with E-state index in [0.29, 0.717) is 24.5 Å². The standard InChI is InChI=1S/C12H13N5O4/c18-11(19)8-1-3-13-9(5-8)6-15-12(20)14-4-2-10-16-7-21-17-10/h1,3,5,7H,2,4,6H2,(H,18,19)(H2,14,15,20). The average molecular weight is 291 g/mol. The quantitative estimate of drug-likeness (QED) is 0.693. The fourth-order valence-corrected chi connectivity index (χ4v) is 1.53. The number of carbonyl (C=O) groups is 2. The molecule has 0 aromatic carbocycles. The van der Waals surface area contributed by atoms with Gasteiger partial charge >= 0.3 is 12.0 Å². The van der Waals surface area contributed by atoms with Crippen LogP contribution in [0, 0.1) is 0 Å². The largest absolute Gasteiger partial charge is 0.478 e. The van der Waals surface area contributed by atoms with Gasteiger partial charge in [-0.2, -0.15) is 4.98 Å². The van der Waals surface area contributed by atoms with Crippen molar-refractivity contribution in [3.8, 4) is 0 Å². The first-order chi connectivity index (χ1) is 10.1. The van der Waals surface area contributed by atoms with Gasteiger partial charge in [0.1, 0.15) is 0 Å². The maximum Gasteiger partial charge on any atom is 0.335 e. The molecule has 0 aliphatic heterocycles. The molecule has 3 N–H and O–H groups in total. The van der Waals surface area contributed by atoms with Crippen molar-refractivity contribution in [3.05, 3.63) is 41.8 Å². The minimum Gasteiger partial charge on any atom is -0.478 e. The van der Waals surface area contributed by atoms with E-state index in [0.717, 1.165) is 0 Å². The van der Waals surface area contributed by atoms with Gasteiger partial charge in [0.25, 0.3) is 0 Å². The van der Waals surface area contributed by atoms with E-state index in [4.69, 9.17) is 5.11 Å². The zero-order valence-electron chi connectivity index (χ0n) is 10.9. The highest BCUT2D eigenvalue weighted by Crippen LogP contribution is 2.01. The lowest BCUT2D eigenvalue weighted by atomic mass is 10.2. The topological polar surface area (TPSA) is 130 Å². The molecule has 0 unspecified atom stereocenters. The van der Waals surface area contributed by atoms with Gasteiger partial charge in [-0.15, -0.1) is 0 Å². The molecule has 0 bridgehead atoms. The second kappa shape index (κ2) is 6.98. The Balaban J connectivity index is 1.73. The number of carbonyl (C=O) groups excluding carboxylic acids is 1. The van der Waals surface area contributed by atoms with Crippen molar-refractivity contribution >= 4 is 12.0 Å². The minimum atomic E-state index is -1.04. The van der Waals surface area contributed by atoms with Crippen molar-refractivity contribution in [3.63, 3.8) is 0 Å². The zero-order valence-corrected chi connectivity index (χ0v) is 10.9. The van der Waals surface area contributed by atoms with Gasteiger partial charge in [0.05, 0.1) is 17.8 Å². The Morgan fingerprint density at radius 3 is 2.86 bits per heavy atom. The van der Waals surface area contributed by atoms with Crippen LogP contribution >= 0.6 is 0 Å². The Hall–Kier alpha value is -2.97. The molecule has 2 aromatic heterocycles. The first-order valence-corrected chi connectivity index (χ1v) is 6.10. The van der Waals surface area contributed by atoms with E-state index >= 15 is 0 Å². The smallest absolute Gasteiger partial charge is 0.335 e. The Morgan fingerprint density at radius 1 is 1.29 bits per heavy atom. The molecule has 0 atom stereocenters. The number of rotatable bonds is 6. The number of amides is 2. The number of aromatic carboxylic acids is 1. The maximum absolute atomic E-state index is 11.5. The van der Waals surface area contributed by atoms with E-state index in [1.165, 1.54) is 24.7 Å². The molecule has 2 heterocycles. The number of nitrogens with one attached hydrogen (secondary N) is 2. The van der Waals surface area contributed by atoms with Crippen LogP contribution in [-0.4, -0.2) is 38.8 Å². The molecule has 9 nitrogen and oxygen atoms in total. The molecular formula is C12H13N5O4. The molecule has 2 amide bonds. The van der Waals surface area contributed by atoms with Crippen LogP contribution < -0.4 is 10.6 Å². The Labute approximate surface area is 119 Å². The van der Waals surface area contributed by atoms with Gasteiger partial charge in [0.15, 0.2) is 5.82 Å². The van der Waals surface area contributed by atoms with Crippen LogP contribution in [0.3, 0.4) is 0 Å². The molecule has 0 aliphatic carbocycles. The number of carboxylic acids is 1. The number of carboxylic acid groups (broad SMARTS) is 1. The summed E-state index contributed by atoms with van der Waals surface area (Å²) in [5.74, 6) is -0.533. The van der Waals surface area contributed by atoms with E-state index in [-0.39, 0.29) is 18.1 Å². The average Bonchev–Trinajstić information content (AvgIpc) is 2.99. The molecule has 2 rings (SSSR count). The van der Waals surface area contributed by atoms with E-state index in [1.54, 1.807) is 0 Å². The lowest BCUT2D eigenvalue weighted by Crippen LogP contribution is -2.36. The van der Waals surface area contributed by atoms with Crippen molar-refractivity contribution in [2.24, 2.45) is 0 Å². The maximum atomic E-state index is 11.5. The summed E-state index contributed by atoms with van der Waals surface area (Å²) in [5.41, 5.74) is 0.586. The Bertz CT molecular complexity index is 614. The molecule has 0 spiro atoms. The van der Waals surface area contributed by atoms with E-state index < -0.39 is 5.97 Å². The monoisotopic (exact) mass is 291 g/mol. The predicted molar refractivity (Wildman–Crippen MR) is 69.4 cm³/mol. The van der Waals surface area contributed by atoms with Gasteiger partial charge in [-0.1, -0.05) is 5.16 Å². The number of nitrogens with zero attached hydrogens (tertiary/aromatic N) is 3. The SMILES string of the molecule is O=C(NCCc1ncon1)NCc1cc(C(=O)O)ccn1. The van der Waals surface area contributed by atoms with Crippen LogP contribution in [-0.2, 0) is 13.0 Å². The molecular weight excluding hydrogens is 278 g/mol. The Morgan fingerprint density at radius 2 is 2.14 bits per heavy atom. The molecule has 110 valence electrons. The highest BCUT2D eigenvalue weighted by atomic mass is 16.5. The summed E-state index contributed by atoms with van der Waals surface area (Å²) in [5, 5.41) is 17.6. The van der Waals surface area contributed by atoms with Crippen molar-refractivity contribution in [2.45, 2.75) is 13.0 Å². The molecule has 0 saturated carbocycles. The van der Waals surface area contributed by atoms with Gasteiger partial charge in [-0.25, -0.2) is 9.59 Å². The number of pyridine rings is 1. The third kappa shape index (κ3) is 4.56. The summed E-state index contributed by atoms with van der Waals surface area (Å²) in [7, 11) is 0. The zero-order chi connectivity index (χ0) is 15.1. The highest BCUT2D eigenvalue weighted by molar-refractivity contribution is 5.87. The first kappa shape index (κ1) is 14.4. The van der Waals surface area contributed by atoms with Crippen molar-refractivity contribution < 1.29 is 19.2 Å². The molecule has 0 fully saturated rings. The fraction of sp³-hybridized carbons (Fsp3) is 0.250. The molecule has 0 radical (unpaired) electrons. The molecule has 21 heavy (non-hydrogen) atoms. The fourth-order valence-electron chi connectivity index (χ4n) is 1.53. The van der Waals surface area contributed by atoms with Gasteiger partial charge in [-0.3, -0.25) is 4.98 Å². The molecule has 9 heteroatoms. The normalized spacial score (nSPS) is 10.1. The van der Waals surface area contributed by atoms with E-state index in [2.05, 4.69) is 30.3 Å². The molecule has 0 saturated heterocycles. The van der Waals surface area contributed by atoms with Crippen molar-refractivity contribution in [1.82, 2.24) is 25.8 Å². The lowest BCUT2D eigenvalue weighted by molar-refractivity contribution is 0.0696. The summed E-state index contributed by atoms with van der Waals surface area (Å²) in [6, 6.07) is 2.40. The van der Waals surface area contributed by atoms with Gasteiger partial charge in [0.2, 0.25) is 6.39 Å². The van der Waals surface area contributed by atoms with Crippen molar-refractivity contribution in [2.75, 3.05) is 6.54 Å². The van der Waals surface area contributed by atoms with Crippen molar-refractivity contribution in [1.29, 1.82) is 0 Å². The summed E-state index contributed by atoms with van der Waals surface area (Å²) in [6.07, 6.45) is 3.06. The minimum absolute atomic E-state index is 0.124. The van der Waals surface area contributed by atoms with Crippen LogP contribution in [0.4, 0.5) is 4.79 Å². The third-order valence-corrected chi connectivity index (χ3v) is 2.53. The van der Waals surface area contributed by atoms with Crippen LogP contribution in [0.5, 0.6) is 0 Å².